The van der Waals surface area contributed by atoms with Gasteiger partial charge in [-0.05, 0) is 55.0 Å². The summed E-state index contributed by atoms with van der Waals surface area (Å²) in [7, 11) is 0. The highest BCUT2D eigenvalue weighted by molar-refractivity contribution is 6.06. The minimum Gasteiger partial charge on any atom is -0.322 e. The number of urea groups is 1. The van der Waals surface area contributed by atoms with E-state index in [1.54, 1.807) is 59.5 Å². The fraction of sp³-hybridized carbons (Fsp3) is 0.125. The zero-order valence-corrected chi connectivity index (χ0v) is 16.8. The Morgan fingerprint density at radius 1 is 0.742 bits per heavy atom. The molecular formula is C24H22N4O3. The van der Waals surface area contributed by atoms with Gasteiger partial charge in [-0.3, -0.25) is 9.59 Å². The van der Waals surface area contributed by atoms with Crippen LogP contribution >= 0.6 is 0 Å². The molecule has 31 heavy (non-hydrogen) atoms. The molecule has 1 saturated heterocycles. The molecule has 4 rings (SSSR count). The predicted molar refractivity (Wildman–Crippen MR) is 122 cm³/mol. The Morgan fingerprint density at radius 3 is 2.16 bits per heavy atom. The Hall–Kier alpha value is -4.13. The van der Waals surface area contributed by atoms with Gasteiger partial charge < -0.3 is 20.9 Å². The van der Waals surface area contributed by atoms with E-state index >= 15 is 0 Å². The first-order chi connectivity index (χ1) is 15.1. The lowest BCUT2D eigenvalue weighted by atomic mass is 10.1. The van der Waals surface area contributed by atoms with Crippen LogP contribution < -0.4 is 20.9 Å². The molecule has 0 aliphatic carbocycles. The Morgan fingerprint density at radius 2 is 1.42 bits per heavy atom. The average molecular weight is 414 g/mol. The molecule has 0 aromatic heterocycles. The van der Waals surface area contributed by atoms with E-state index in [4.69, 9.17) is 0 Å². The molecule has 1 fully saturated rings. The molecule has 156 valence electrons. The van der Waals surface area contributed by atoms with Crippen molar-refractivity contribution >= 4 is 40.6 Å². The molecule has 1 aliphatic heterocycles. The first-order valence-corrected chi connectivity index (χ1v) is 10.0. The molecule has 3 aromatic rings. The van der Waals surface area contributed by atoms with Crippen molar-refractivity contribution in [2.45, 2.75) is 12.8 Å². The Bertz CT molecular complexity index is 1110. The number of nitrogens with zero attached hydrogens (tertiary/aromatic N) is 1. The topological polar surface area (TPSA) is 90.5 Å². The summed E-state index contributed by atoms with van der Waals surface area (Å²) < 4.78 is 0. The van der Waals surface area contributed by atoms with Crippen molar-refractivity contribution in [2.24, 2.45) is 0 Å². The van der Waals surface area contributed by atoms with E-state index in [-0.39, 0.29) is 17.8 Å². The summed E-state index contributed by atoms with van der Waals surface area (Å²) in [5, 5.41) is 8.33. The summed E-state index contributed by atoms with van der Waals surface area (Å²) in [6, 6.07) is 22.7. The molecule has 3 N–H and O–H groups in total. The smallest absolute Gasteiger partial charge is 0.322 e. The van der Waals surface area contributed by atoms with E-state index in [9.17, 15) is 14.4 Å². The molecule has 0 bridgehead atoms. The van der Waals surface area contributed by atoms with E-state index in [0.717, 1.165) is 12.1 Å². The number of carbonyl (C=O) groups is 3. The molecule has 0 spiro atoms. The SMILES string of the molecule is O=C(Nc1ccccc1)Nc1cccc(NC(=O)c2cccc(N3CCCC3=O)c2)c1. The first kappa shape index (κ1) is 20.2. The van der Waals surface area contributed by atoms with Crippen LogP contribution in [0.3, 0.4) is 0 Å². The second-order valence-corrected chi connectivity index (χ2v) is 7.18. The van der Waals surface area contributed by atoms with Crippen molar-refractivity contribution in [1.82, 2.24) is 0 Å². The Balaban J connectivity index is 1.41. The largest absolute Gasteiger partial charge is 0.323 e. The van der Waals surface area contributed by atoms with Crippen LogP contribution in [-0.2, 0) is 4.79 Å². The van der Waals surface area contributed by atoms with Gasteiger partial charge in [0.1, 0.15) is 0 Å². The lowest BCUT2D eigenvalue weighted by molar-refractivity contribution is -0.117. The lowest BCUT2D eigenvalue weighted by Gasteiger charge is -2.16. The van der Waals surface area contributed by atoms with Crippen molar-refractivity contribution in [3.63, 3.8) is 0 Å². The lowest BCUT2D eigenvalue weighted by Crippen LogP contribution is -2.24. The fourth-order valence-electron chi connectivity index (χ4n) is 3.43. The number of anilines is 4. The van der Waals surface area contributed by atoms with Gasteiger partial charge in [0, 0.05) is 41.3 Å². The summed E-state index contributed by atoms with van der Waals surface area (Å²) in [5.74, 6) is -0.218. The van der Waals surface area contributed by atoms with Gasteiger partial charge >= 0.3 is 6.03 Å². The van der Waals surface area contributed by atoms with E-state index in [1.165, 1.54) is 0 Å². The van der Waals surface area contributed by atoms with E-state index < -0.39 is 0 Å². The van der Waals surface area contributed by atoms with Gasteiger partial charge in [-0.15, -0.1) is 0 Å². The third-order valence-corrected chi connectivity index (χ3v) is 4.90. The van der Waals surface area contributed by atoms with E-state index in [2.05, 4.69) is 16.0 Å². The van der Waals surface area contributed by atoms with Gasteiger partial charge in [0.2, 0.25) is 5.91 Å². The molecule has 1 heterocycles. The average Bonchev–Trinajstić information content (AvgIpc) is 3.20. The summed E-state index contributed by atoms with van der Waals surface area (Å²) in [5.41, 5.74) is 2.95. The van der Waals surface area contributed by atoms with Crippen molar-refractivity contribution in [2.75, 3.05) is 27.4 Å². The maximum absolute atomic E-state index is 12.7. The minimum atomic E-state index is -0.377. The number of rotatable bonds is 5. The zero-order valence-electron chi connectivity index (χ0n) is 16.8. The molecule has 7 heteroatoms. The van der Waals surface area contributed by atoms with Gasteiger partial charge in [0.05, 0.1) is 0 Å². The van der Waals surface area contributed by atoms with E-state index in [1.807, 2.05) is 24.3 Å². The molecule has 3 aromatic carbocycles. The van der Waals surface area contributed by atoms with Crippen LogP contribution in [0.4, 0.5) is 27.5 Å². The number of nitrogens with one attached hydrogen (secondary N) is 3. The predicted octanol–water partition coefficient (Wildman–Crippen LogP) is 4.71. The molecule has 0 radical (unpaired) electrons. The fourth-order valence-corrected chi connectivity index (χ4v) is 3.43. The second kappa shape index (κ2) is 9.13. The van der Waals surface area contributed by atoms with Crippen LogP contribution in [0.1, 0.15) is 23.2 Å². The van der Waals surface area contributed by atoms with Crippen molar-refractivity contribution in [3.05, 3.63) is 84.4 Å². The monoisotopic (exact) mass is 414 g/mol. The first-order valence-electron chi connectivity index (χ1n) is 10.0. The number of hydrogen-bond acceptors (Lipinski definition) is 3. The molecule has 0 saturated carbocycles. The highest BCUT2D eigenvalue weighted by Gasteiger charge is 2.22. The molecule has 7 nitrogen and oxygen atoms in total. The molecule has 1 aliphatic rings. The van der Waals surface area contributed by atoms with Crippen LogP contribution in [0.25, 0.3) is 0 Å². The molecule has 0 unspecified atom stereocenters. The molecular weight excluding hydrogens is 392 g/mol. The maximum Gasteiger partial charge on any atom is 0.323 e. The summed E-state index contributed by atoms with van der Waals surface area (Å²) in [6.45, 7) is 0.669. The highest BCUT2D eigenvalue weighted by Crippen LogP contribution is 2.23. The second-order valence-electron chi connectivity index (χ2n) is 7.18. The van der Waals surface area contributed by atoms with Gasteiger partial charge in [-0.2, -0.15) is 0 Å². The van der Waals surface area contributed by atoms with Crippen LogP contribution in [0.2, 0.25) is 0 Å². The van der Waals surface area contributed by atoms with Crippen molar-refractivity contribution in [3.8, 4) is 0 Å². The summed E-state index contributed by atoms with van der Waals surface area (Å²) in [4.78, 5) is 38.6. The zero-order chi connectivity index (χ0) is 21.6. The Labute approximate surface area is 180 Å². The summed E-state index contributed by atoms with van der Waals surface area (Å²) >= 11 is 0. The van der Waals surface area contributed by atoms with Crippen LogP contribution in [0, 0.1) is 0 Å². The number of hydrogen-bond donors (Lipinski definition) is 3. The van der Waals surface area contributed by atoms with Crippen molar-refractivity contribution < 1.29 is 14.4 Å². The number of para-hydroxylation sites is 1. The highest BCUT2D eigenvalue weighted by atomic mass is 16.2. The summed E-state index contributed by atoms with van der Waals surface area (Å²) in [6.07, 6.45) is 1.36. The minimum absolute atomic E-state index is 0.0742. The standard InChI is InChI=1S/C24H22N4O3/c29-22-13-6-14-28(22)21-12-4-7-17(15-21)23(30)25-19-10-5-11-20(16-19)27-24(31)26-18-8-2-1-3-9-18/h1-5,7-12,15-16H,6,13-14H2,(H,25,30)(H2,26,27,31). The quantitative estimate of drug-likeness (QED) is 0.565. The maximum atomic E-state index is 12.7. The third kappa shape index (κ3) is 5.08. The normalized spacial score (nSPS) is 13.0. The molecule has 0 atom stereocenters. The van der Waals surface area contributed by atoms with Crippen molar-refractivity contribution in [1.29, 1.82) is 0 Å². The van der Waals surface area contributed by atoms with Crippen LogP contribution in [0.5, 0.6) is 0 Å². The number of amides is 4. The van der Waals surface area contributed by atoms with Gasteiger partial charge in [0.25, 0.3) is 5.91 Å². The number of carbonyl (C=O) groups excluding carboxylic acids is 3. The van der Waals surface area contributed by atoms with E-state index in [0.29, 0.717) is 35.6 Å². The molecule has 4 amide bonds. The third-order valence-electron chi connectivity index (χ3n) is 4.90. The van der Waals surface area contributed by atoms with Gasteiger partial charge in [-0.25, -0.2) is 4.79 Å². The Kier molecular flexibility index (Phi) is 5.93. The van der Waals surface area contributed by atoms with Crippen LogP contribution in [0.15, 0.2) is 78.9 Å². The van der Waals surface area contributed by atoms with Gasteiger partial charge in [0.15, 0.2) is 0 Å². The van der Waals surface area contributed by atoms with Gasteiger partial charge in [-0.1, -0.05) is 30.3 Å². The number of benzene rings is 3. The van der Waals surface area contributed by atoms with Crippen LogP contribution in [-0.4, -0.2) is 24.4 Å².